The molecule has 2 amide bonds. The van der Waals surface area contributed by atoms with E-state index >= 15 is 0 Å². The molecule has 0 radical (unpaired) electrons. The zero-order chi connectivity index (χ0) is 19.4. The number of nitrogens with zero attached hydrogens (tertiary/aromatic N) is 3. The minimum atomic E-state index is -0.304. The van der Waals surface area contributed by atoms with Gasteiger partial charge in [-0.25, -0.2) is 14.8 Å². The lowest BCUT2D eigenvalue weighted by Gasteiger charge is -2.30. The van der Waals surface area contributed by atoms with E-state index < -0.39 is 0 Å². The number of benzene rings is 1. The van der Waals surface area contributed by atoms with Gasteiger partial charge in [-0.3, -0.25) is 0 Å². The second-order valence-corrected chi connectivity index (χ2v) is 8.35. The summed E-state index contributed by atoms with van der Waals surface area (Å²) in [6, 6.07) is 7.59. The fourth-order valence-electron chi connectivity index (χ4n) is 3.10. The lowest BCUT2D eigenvalue weighted by molar-refractivity contribution is 0.262. The van der Waals surface area contributed by atoms with Gasteiger partial charge in [0.05, 0.1) is 18.1 Å². The number of rotatable bonds is 3. The van der Waals surface area contributed by atoms with Crippen LogP contribution in [0.4, 0.5) is 22.1 Å². The first-order valence-electron chi connectivity index (χ1n) is 9.57. The summed E-state index contributed by atoms with van der Waals surface area (Å²) in [5.41, 5.74) is 2.64. The lowest BCUT2D eigenvalue weighted by atomic mass is 9.87. The molecule has 27 heavy (non-hydrogen) atoms. The molecule has 0 unspecified atom stereocenters. The highest BCUT2D eigenvalue weighted by Gasteiger charge is 2.18. The average Bonchev–Trinajstić information content (AvgIpc) is 2.63. The fourth-order valence-corrected chi connectivity index (χ4v) is 3.10. The van der Waals surface area contributed by atoms with Crippen molar-refractivity contribution in [1.82, 2.24) is 9.97 Å². The zero-order valence-electron chi connectivity index (χ0n) is 16.6. The van der Waals surface area contributed by atoms with E-state index in [1.54, 1.807) is 12.4 Å². The van der Waals surface area contributed by atoms with Gasteiger partial charge in [0.1, 0.15) is 0 Å². The maximum Gasteiger partial charge on any atom is 0.323 e. The van der Waals surface area contributed by atoms with E-state index in [4.69, 9.17) is 0 Å². The standard InChI is InChI=1S/C21H29N5O/c1-15-9-11-26(12-10-15)19-22-13-18(14-23-19)25-20(27)24-17-7-5-16(6-8-17)21(2,3)4/h5-8,13-15H,9-12H2,1-4H3,(H2,24,25,27). The molecule has 1 aromatic carbocycles. The molecule has 0 saturated carbocycles. The van der Waals surface area contributed by atoms with Crippen LogP contribution in [0.2, 0.25) is 0 Å². The van der Waals surface area contributed by atoms with E-state index in [1.165, 1.54) is 18.4 Å². The van der Waals surface area contributed by atoms with E-state index in [-0.39, 0.29) is 11.4 Å². The lowest BCUT2D eigenvalue weighted by Crippen LogP contribution is -2.34. The number of amides is 2. The van der Waals surface area contributed by atoms with Crippen molar-refractivity contribution in [2.45, 2.75) is 46.0 Å². The van der Waals surface area contributed by atoms with E-state index in [9.17, 15) is 4.79 Å². The summed E-state index contributed by atoms with van der Waals surface area (Å²) < 4.78 is 0. The SMILES string of the molecule is CC1CCN(c2ncc(NC(=O)Nc3ccc(C(C)(C)C)cc3)cn2)CC1. The third kappa shape index (κ3) is 5.18. The van der Waals surface area contributed by atoms with Crippen LogP contribution >= 0.6 is 0 Å². The van der Waals surface area contributed by atoms with Gasteiger partial charge in [-0.05, 0) is 41.9 Å². The van der Waals surface area contributed by atoms with Crippen molar-refractivity contribution < 1.29 is 4.79 Å². The van der Waals surface area contributed by atoms with Gasteiger partial charge in [-0.15, -0.1) is 0 Å². The van der Waals surface area contributed by atoms with Gasteiger partial charge in [-0.2, -0.15) is 0 Å². The molecule has 0 bridgehead atoms. The van der Waals surface area contributed by atoms with Gasteiger partial charge in [0.2, 0.25) is 5.95 Å². The molecule has 0 atom stereocenters. The molecule has 1 saturated heterocycles. The van der Waals surface area contributed by atoms with Crippen molar-refractivity contribution in [3.8, 4) is 0 Å². The van der Waals surface area contributed by atoms with Crippen molar-refractivity contribution in [3.05, 3.63) is 42.2 Å². The Morgan fingerprint density at radius 1 is 1.00 bits per heavy atom. The molecule has 0 spiro atoms. The second-order valence-electron chi connectivity index (χ2n) is 8.35. The van der Waals surface area contributed by atoms with Crippen LogP contribution in [0.3, 0.4) is 0 Å². The minimum Gasteiger partial charge on any atom is -0.341 e. The number of aromatic nitrogens is 2. The smallest absolute Gasteiger partial charge is 0.323 e. The number of piperidine rings is 1. The van der Waals surface area contributed by atoms with Crippen LogP contribution in [0.25, 0.3) is 0 Å². The molecule has 6 nitrogen and oxygen atoms in total. The van der Waals surface area contributed by atoms with Crippen molar-refractivity contribution in [1.29, 1.82) is 0 Å². The van der Waals surface area contributed by atoms with E-state index in [2.05, 4.69) is 53.2 Å². The molecule has 3 rings (SSSR count). The van der Waals surface area contributed by atoms with Crippen LogP contribution in [-0.4, -0.2) is 29.1 Å². The largest absolute Gasteiger partial charge is 0.341 e. The Morgan fingerprint density at radius 2 is 1.56 bits per heavy atom. The van der Waals surface area contributed by atoms with Gasteiger partial charge >= 0.3 is 6.03 Å². The highest BCUT2D eigenvalue weighted by Crippen LogP contribution is 2.24. The molecular weight excluding hydrogens is 338 g/mol. The molecule has 2 N–H and O–H groups in total. The minimum absolute atomic E-state index is 0.0896. The Labute approximate surface area is 161 Å². The summed E-state index contributed by atoms with van der Waals surface area (Å²) in [4.78, 5) is 23.2. The molecule has 1 fully saturated rings. The normalized spacial score (nSPS) is 15.5. The number of nitrogens with one attached hydrogen (secondary N) is 2. The van der Waals surface area contributed by atoms with E-state index in [1.807, 2.05) is 24.3 Å². The number of urea groups is 1. The monoisotopic (exact) mass is 367 g/mol. The first-order valence-corrected chi connectivity index (χ1v) is 9.57. The van der Waals surface area contributed by atoms with Crippen LogP contribution in [0.5, 0.6) is 0 Å². The number of hydrogen-bond donors (Lipinski definition) is 2. The molecule has 0 aliphatic carbocycles. The highest BCUT2D eigenvalue weighted by atomic mass is 16.2. The number of hydrogen-bond acceptors (Lipinski definition) is 4. The van der Waals surface area contributed by atoms with Crippen molar-refractivity contribution >= 4 is 23.4 Å². The average molecular weight is 367 g/mol. The molecular formula is C21H29N5O. The maximum atomic E-state index is 12.2. The third-order valence-electron chi connectivity index (χ3n) is 4.97. The Hall–Kier alpha value is -2.63. The topological polar surface area (TPSA) is 70.2 Å². The fraction of sp³-hybridized carbons (Fsp3) is 0.476. The van der Waals surface area contributed by atoms with Crippen LogP contribution < -0.4 is 15.5 Å². The van der Waals surface area contributed by atoms with Gasteiger partial charge in [0.15, 0.2) is 0 Å². The molecule has 1 aromatic heterocycles. The summed E-state index contributed by atoms with van der Waals surface area (Å²) >= 11 is 0. The Bertz CT molecular complexity index is 757. The third-order valence-corrected chi connectivity index (χ3v) is 4.97. The number of anilines is 3. The first-order chi connectivity index (χ1) is 12.8. The van der Waals surface area contributed by atoms with Crippen LogP contribution in [0.15, 0.2) is 36.7 Å². The van der Waals surface area contributed by atoms with E-state index in [0.717, 1.165) is 30.6 Å². The number of carbonyl (C=O) groups is 1. The van der Waals surface area contributed by atoms with Crippen molar-refractivity contribution in [3.63, 3.8) is 0 Å². The molecule has 2 aromatic rings. The van der Waals surface area contributed by atoms with Crippen molar-refractivity contribution in [2.75, 3.05) is 28.6 Å². The predicted molar refractivity (Wildman–Crippen MR) is 110 cm³/mol. The van der Waals surface area contributed by atoms with Crippen molar-refractivity contribution in [2.24, 2.45) is 5.92 Å². The van der Waals surface area contributed by atoms with Crippen LogP contribution in [0.1, 0.15) is 46.1 Å². The Balaban J connectivity index is 1.55. The summed E-state index contributed by atoms with van der Waals surface area (Å²) in [6.45, 7) is 10.7. The summed E-state index contributed by atoms with van der Waals surface area (Å²) in [5, 5.41) is 5.61. The molecule has 1 aliphatic heterocycles. The highest BCUT2D eigenvalue weighted by molar-refractivity contribution is 5.99. The summed E-state index contributed by atoms with van der Waals surface area (Å²) in [6.07, 6.45) is 5.64. The Kier molecular flexibility index (Phi) is 5.63. The summed E-state index contributed by atoms with van der Waals surface area (Å²) in [7, 11) is 0. The van der Waals surface area contributed by atoms with Gasteiger partial charge in [-0.1, -0.05) is 39.8 Å². The van der Waals surface area contributed by atoms with Gasteiger partial charge in [0, 0.05) is 18.8 Å². The molecule has 144 valence electrons. The Morgan fingerprint density at radius 3 is 2.11 bits per heavy atom. The predicted octanol–water partition coefficient (Wildman–Crippen LogP) is 4.65. The molecule has 2 heterocycles. The maximum absolute atomic E-state index is 12.2. The van der Waals surface area contributed by atoms with Gasteiger partial charge in [0.25, 0.3) is 0 Å². The zero-order valence-corrected chi connectivity index (χ0v) is 16.6. The number of carbonyl (C=O) groups excluding carboxylic acids is 1. The quantitative estimate of drug-likeness (QED) is 0.828. The van der Waals surface area contributed by atoms with Crippen LogP contribution in [-0.2, 0) is 5.41 Å². The summed E-state index contributed by atoms with van der Waals surface area (Å²) in [5.74, 6) is 1.49. The molecule has 6 heteroatoms. The molecule has 1 aliphatic rings. The van der Waals surface area contributed by atoms with Crippen LogP contribution in [0, 0.1) is 5.92 Å². The second kappa shape index (κ2) is 7.94. The first kappa shape index (κ1) is 19.1. The van der Waals surface area contributed by atoms with E-state index in [0.29, 0.717) is 5.69 Å². The van der Waals surface area contributed by atoms with Gasteiger partial charge < -0.3 is 15.5 Å².